The topological polar surface area (TPSA) is 96.0 Å². The summed E-state index contributed by atoms with van der Waals surface area (Å²) in [6, 6.07) is 9.89. The molecule has 0 radical (unpaired) electrons. The number of ether oxygens (including phenoxy) is 2. The molecule has 1 aliphatic heterocycles. The number of aromatic nitrogens is 7. The lowest BCUT2D eigenvalue weighted by Gasteiger charge is -2.28. The number of pyridine rings is 1. The molecule has 10 nitrogen and oxygen atoms in total. The second-order valence-electron chi connectivity index (χ2n) is 6.83. The van der Waals surface area contributed by atoms with Crippen LogP contribution in [0.3, 0.4) is 0 Å². The van der Waals surface area contributed by atoms with Gasteiger partial charge in [-0.25, -0.2) is 9.25 Å². The van der Waals surface area contributed by atoms with Gasteiger partial charge in [-0.3, -0.25) is 4.98 Å². The number of fused-ring (bicyclic) bond motifs is 1. The molecular weight excluding hydrogens is 408 g/mol. The van der Waals surface area contributed by atoms with Crippen LogP contribution in [0, 0.1) is 0 Å². The van der Waals surface area contributed by atoms with E-state index < -0.39 is 0 Å². The van der Waals surface area contributed by atoms with Crippen molar-refractivity contribution in [3.8, 4) is 12.0 Å². The largest absolute Gasteiger partial charge is 0.458 e. The van der Waals surface area contributed by atoms with Crippen molar-refractivity contribution in [2.24, 2.45) is 7.05 Å². The zero-order valence-electron chi connectivity index (χ0n) is 16.3. The highest BCUT2D eigenvalue weighted by Gasteiger charge is 2.20. The number of rotatable bonds is 5. The third kappa shape index (κ3) is 3.44. The maximum absolute atomic E-state index is 6.35. The summed E-state index contributed by atoms with van der Waals surface area (Å²) in [6.07, 6.45) is 1.79. The highest BCUT2D eigenvalue weighted by Crippen LogP contribution is 2.30. The van der Waals surface area contributed by atoms with Gasteiger partial charge in [-0.15, -0.1) is 0 Å². The third-order valence-corrected chi connectivity index (χ3v) is 5.23. The van der Waals surface area contributed by atoms with E-state index in [1.165, 1.54) is 0 Å². The maximum atomic E-state index is 6.35. The van der Waals surface area contributed by atoms with Crippen molar-refractivity contribution in [2.75, 3.05) is 31.2 Å². The van der Waals surface area contributed by atoms with Crippen LogP contribution in [0.5, 0.6) is 6.01 Å². The minimum Gasteiger partial charge on any atom is -0.458 e. The third-order valence-electron chi connectivity index (χ3n) is 4.93. The van der Waals surface area contributed by atoms with E-state index >= 15 is 0 Å². The summed E-state index contributed by atoms with van der Waals surface area (Å²) in [5, 5.41) is 12.3. The second-order valence-corrected chi connectivity index (χ2v) is 7.24. The molecule has 4 heterocycles. The molecule has 11 heteroatoms. The lowest BCUT2D eigenvalue weighted by molar-refractivity contribution is 0.122. The summed E-state index contributed by atoms with van der Waals surface area (Å²) in [5.41, 5.74) is 3.26. The number of imidazole rings is 1. The zero-order chi connectivity index (χ0) is 20.5. The normalized spacial score (nSPS) is 14.4. The molecule has 1 aliphatic rings. The van der Waals surface area contributed by atoms with Gasteiger partial charge in [-0.1, -0.05) is 22.8 Å². The first-order valence-electron chi connectivity index (χ1n) is 9.51. The molecular formula is C19H19ClN8O2. The predicted molar refractivity (Wildman–Crippen MR) is 110 cm³/mol. The maximum Gasteiger partial charge on any atom is 0.305 e. The number of morpholine rings is 1. The van der Waals surface area contributed by atoms with Crippen LogP contribution in [0.15, 0.2) is 36.5 Å². The Morgan fingerprint density at radius 2 is 2.07 bits per heavy atom. The molecule has 0 unspecified atom stereocenters. The van der Waals surface area contributed by atoms with Gasteiger partial charge in [-0.2, -0.15) is 4.98 Å². The quantitative estimate of drug-likeness (QED) is 0.478. The van der Waals surface area contributed by atoms with Gasteiger partial charge in [0.1, 0.15) is 12.1 Å². The second kappa shape index (κ2) is 7.88. The van der Waals surface area contributed by atoms with E-state index in [4.69, 9.17) is 21.1 Å². The summed E-state index contributed by atoms with van der Waals surface area (Å²) in [7, 11) is 1.75. The summed E-state index contributed by atoms with van der Waals surface area (Å²) >= 11 is 6.35. The SMILES string of the molecule is Cn1nnnc1-n1c(OCc2cc(N3CCOCC3)ccn2)nc2c(Cl)cccc21. The van der Waals surface area contributed by atoms with Gasteiger partial charge in [0.2, 0.25) is 0 Å². The molecule has 0 aliphatic carbocycles. The molecule has 0 N–H and O–H groups in total. The molecule has 1 aromatic carbocycles. The van der Waals surface area contributed by atoms with Crippen molar-refractivity contribution in [1.29, 1.82) is 0 Å². The van der Waals surface area contributed by atoms with E-state index in [1.807, 2.05) is 24.3 Å². The molecule has 30 heavy (non-hydrogen) atoms. The number of anilines is 1. The molecule has 1 fully saturated rings. The lowest BCUT2D eigenvalue weighted by Crippen LogP contribution is -2.36. The summed E-state index contributed by atoms with van der Waals surface area (Å²) < 4.78 is 14.8. The van der Waals surface area contributed by atoms with Crippen molar-refractivity contribution in [2.45, 2.75) is 6.61 Å². The molecule has 0 amide bonds. The van der Waals surface area contributed by atoms with Crippen LogP contribution in [0.1, 0.15) is 5.69 Å². The van der Waals surface area contributed by atoms with Crippen LogP contribution in [0.2, 0.25) is 5.02 Å². The van der Waals surface area contributed by atoms with Crippen LogP contribution in [-0.2, 0) is 18.4 Å². The van der Waals surface area contributed by atoms with Crippen molar-refractivity contribution in [3.05, 3.63) is 47.2 Å². The Balaban J connectivity index is 1.46. The standard InChI is InChI=1S/C19H19ClN8O2/c1-26-18(23-24-25-26)28-16-4-2-3-15(20)17(16)22-19(28)30-12-13-11-14(5-6-21-13)27-7-9-29-10-8-27/h2-6,11H,7-10,12H2,1H3. The van der Waals surface area contributed by atoms with Crippen LogP contribution in [-0.4, -0.2) is 61.0 Å². The summed E-state index contributed by atoms with van der Waals surface area (Å²) in [6.45, 7) is 3.41. The average molecular weight is 427 g/mol. The van der Waals surface area contributed by atoms with Crippen molar-refractivity contribution < 1.29 is 9.47 Å². The van der Waals surface area contributed by atoms with Gasteiger partial charge in [0, 0.05) is 32.0 Å². The smallest absolute Gasteiger partial charge is 0.305 e. The molecule has 4 aromatic rings. The van der Waals surface area contributed by atoms with Crippen molar-refractivity contribution in [1.82, 2.24) is 34.7 Å². The number of halogens is 1. The number of tetrazole rings is 1. The first-order chi connectivity index (χ1) is 14.7. The predicted octanol–water partition coefficient (Wildman–Crippen LogP) is 2.01. The number of hydrogen-bond donors (Lipinski definition) is 0. The molecule has 0 bridgehead atoms. The Morgan fingerprint density at radius 1 is 1.20 bits per heavy atom. The number of nitrogens with zero attached hydrogens (tertiary/aromatic N) is 8. The van der Waals surface area contributed by atoms with Crippen molar-refractivity contribution in [3.63, 3.8) is 0 Å². The van der Waals surface area contributed by atoms with E-state index in [0.29, 0.717) is 22.5 Å². The molecule has 154 valence electrons. The number of para-hydroxylation sites is 1. The fraction of sp³-hybridized carbons (Fsp3) is 0.316. The molecule has 3 aromatic heterocycles. The lowest BCUT2D eigenvalue weighted by atomic mass is 10.3. The molecule has 0 atom stereocenters. The van der Waals surface area contributed by atoms with E-state index in [1.54, 1.807) is 28.6 Å². The molecule has 0 spiro atoms. The zero-order valence-corrected chi connectivity index (χ0v) is 17.0. The minimum atomic E-state index is 0.240. The number of hydrogen-bond acceptors (Lipinski definition) is 8. The molecule has 0 saturated carbocycles. The van der Waals surface area contributed by atoms with Crippen LogP contribution < -0.4 is 9.64 Å². The van der Waals surface area contributed by atoms with E-state index in [-0.39, 0.29) is 6.61 Å². The highest BCUT2D eigenvalue weighted by atomic mass is 35.5. The fourth-order valence-corrected chi connectivity index (χ4v) is 3.66. The summed E-state index contributed by atoms with van der Waals surface area (Å²) in [4.78, 5) is 11.3. The first kappa shape index (κ1) is 18.8. The Bertz CT molecular complexity index is 1180. The van der Waals surface area contributed by atoms with Gasteiger partial charge >= 0.3 is 6.01 Å². The van der Waals surface area contributed by atoms with Crippen molar-refractivity contribution >= 4 is 28.3 Å². The summed E-state index contributed by atoms with van der Waals surface area (Å²) in [5.74, 6) is 0.477. The minimum absolute atomic E-state index is 0.240. The van der Waals surface area contributed by atoms with Gasteiger partial charge in [0.15, 0.2) is 0 Å². The van der Waals surface area contributed by atoms with Crippen LogP contribution in [0.4, 0.5) is 5.69 Å². The Morgan fingerprint density at radius 3 is 2.87 bits per heavy atom. The number of benzene rings is 1. The Labute approximate surface area is 177 Å². The monoisotopic (exact) mass is 426 g/mol. The molecule has 5 rings (SSSR count). The van der Waals surface area contributed by atoms with Gasteiger partial charge in [0.25, 0.3) is 5.95 Å². The van der Waals surface area contributed by atoms with E-state index in [0.717, 1.165) is 43.2 Å². The fourth-order valence-electron chi connectivity index (χ4n) is 3.45. The van der Waals surface area contributed by atoms with Gasteiger partial charge in [0.05, 0.1) is 29.4 Å². The first-order valence-corrected chi connectivity index (χ1v) is 9.88. The molecule has 1 saturated heterocycles. The Kier molecular flexibility index (Phi) is 4.93. The average Bonchev–Trinajstić information content (AvgIpc) is 3.36. The van der Waals surface area contributed by atoms with Gasteiger partial charge < -0.3 is 14.4 Å². The Hall–Kier alpha value is -3.24. The van der Waals surface area contributed by atoms with Crippen LogP contribution in [0.25, 0.3) is 17.0 Å². The van der Waals surface area contributed by atoms with Gasteiger partial charge in [-0.05, 0) is 34.7 Å². The van der Waals surface area contributed by atoms with E-state index in [2.05, 4.69) is 30.4 Å². The number of aryl methyl sites for hydroxylation is 1. The van der Waals surface area contributed by atoms with E-state index in [9.17, 15) is 0 Å². The highest BCUT2D eigenvalue weighted by molar-refractivity contribution is 6.35. The van der Waals surface area contributed by atoms with Crippen LogP contribution >= 0.6 is 11.6 Å².